The molecule has 2 heteroatoms. The van der Waals surface area contributed by atoms with Gasteiger partial charge in [0.1, 0.15) is 0 Å². The molecule has 0 fully saturated rings. The molecule has 0 aromatic carbocycles. The van der Waals surface area contributed by atoms with Crippen LogP contribution < -0.4 is 0 Å². The number of allylic oxidation sites excluding steroid dienone is 1. The van der Waals surface area contributed by atoms with Crippen LogP contribution in [0.5, 0.6) is 0 Å². The van der Waals surface area contributed by atoms with Crippen molar-refractivity contribution in [3.05, 3.63) is 12.3 Å². The van der Waals surface area contributed by atoms with E-state index < -0.39 is 0 Å². The lowest BCUT2D eigenvalue weighted by molar-refractivity contribution is 0.231. The van der Waals surface area contributed by atoms with Crippen LogP contribution in [0.2, 0.25) is 0 Å². The first-order valence-electron chi connectivity index (χ1n) is 2.27. The average Bonchev–Trinajstić information content (AvgIpc) is 1.72. The van der Waals surface area contributed by atoms with E-state index in [4.69, 9.17) is 4.74 Å². The van der Waals surface area contributed by atoms with Gasteiger partial charge in [0.15, 0.2) is 0 Å². The van der Waals surface area contributed by atoms with Crippen molar-refractivity contribution in [1.82, 2.24) is 0 Å². The van der Waals surface area contributed by atoms with Crippen LogP contribution in [-0.2, 0) is 4.74 Å². The number of halogens is 1. The zero-order valence-corrected chi connectivity index (χ0v) is 4.91. The van der Waals surface area contributed by atoms with E-state index in [1.165, 1.54) is 12.8 Å². The van der Waals surface area contributed by atoms with Gasteiger partial charge in [0, 0.05) is 0 Å². The molecule has 1 aliphatic rings. The topological polar surface area (TPSA) is 9.23 Å². The van der Waals surface area contributed by atoms with Crippen LogP contribution in [0.25, 0.3) is 0 Å². The quantitative estimate of drug-likeness (QED) is 0.473. The maximum absolute atomic E-state index is 4.89. The minimum Gasteiger partial charge on any atom is -0.502 e. The minimum atomic E-state index is 0. The summed E-state index contributed by atoms with van der Waals surface area (Å²) in [5.41, 5.74) is 0. The fourth-order valence-electron chi connectivity index (χ4n) is 0.489. The van der Waals surface area contributed by atoms with Gasteiger partial charge in [0.25, 0.3) is 0 Å². The molecule has 0 saturated heterocycles. The third-order valence-electron chi connectivity index (χ3n) is 0.825. The summed E-state index contributed by atoms with van der Waals surface area (Å²) in [6, 6.07) is 0. The predicted octanol–water partition coefficient (Wildman–Crippen LogP) is 1.73. The van der Waals surface area contributed by atoms with Crippen molar-refractivity contribution in [3.63, 3.8) is 0 Å². The van der Waals surface area contributed by atoms with Crippen molar-refractivity contribution in [2.75, 3.05) is 6.61 Å². The van der Waals surface area contributed by atoms with Gasteiger partial charge >= 0.3 is 0 Å². The Morgan fingerprint density at radius 2 is 2.29 bits per heavy atom. The number of hydrogen-bond donors (Lipinski definition) is 0. The van der Waals surface area contributed by atoms with E-state index in [1.807, 2.05) is 6.08 Å². The summed E-state index contributed by atoms with van der Waals surface area (Å²) < 4.78 is 4.89. The van der Waals surface area contributed by atoms with Crippen LogP contribution >= 0.6 is 12.4 Å². The minimum absolute atomic E-state index is 0. The van der Waals surface area contributed by atoms with Gasteiger partial charge in [0.05, 0.1) is 12.9 Å². The summed E-state index contributed by atoms with van der Waals surface area (Å²) >= 11 is 0. The first-order chi connectivity index (χ1) is 3.00. The lowest BCUT2D eigenvalue weighted by Gasteiger charge is -2.01. The second kappa shape index (κ2) is 4.00. The van der Waals surface area contributed by atoms with E-state index in [0.717, 1.165) is 6.61 Å². The maximum atomic E-state index is 4.89. The summed E-state index contributed by atoms with van der Waals surface area (Å²) in [6.07, 6.45) is 6.20. The summed E-state index contributed by atoms with van der Waals surface area (Å²) in [5, 5.41) is 0. The molecule has 0 aliphatic carbocycles. The Hall–Kier alpha value is -0.170. The van der Waals surface area contributed by atoms with E-state index in [-0.39, 0.29) is 12.4 Å². The Morgan fingerprint density at radius 1 is 1.43 bits per heavy atom. The van der Waals surface area contributed by atoms with Crippen molar-refractivity contribution in [2.24, 2.45) is 0 Å². The molecule has 0 amide bonds. The lowest BCUT2D eigenvalue weighted by Crippen LogP contribution is -1.90. The van der Waals surface area contributed by atoms with Crippen LogP contribution in [0.15, 0.2) is 12.3 Å². The van der Waals surface area contributed by atoms with E-state index in [2.05, 4.69) is 0 Å². The molecule has 7 heavy (non-hydrogen) atoms. The standard InChI is InChI=1S/C5H8O.ClH/c1-2-4-6-5-3-1;/h2,4H,1,3,5H2;1H. The molecule has 1 heterocycles. The Kier molecular flexibility index (Phi) is 3.90. The third kappa shape index (κ3) is 2.52. The van der Waals surface area contributed by atoms with Gasteiger partial charge in [-0.05, 0) is 18.9 Å². The fraction of sp³-hybridized carbons (Fsp3) is 0.600. The van der Waals surface area contributed by atoms with E-state index >= 15 is 0 Å². The molecule has 0 unspecified atom stereocenters. The molecule has 0 aromatic heterocycles. The highest BCUT2D eigenvalue weighted by atomic mass is 35.5. The van der Waals surface area contributed by atoms with Gasteiger partial charge < -0.3 is 4.74 Å². The molecule has 0 bridgehead atoms. The number of ether oxygens (including phenoxy) is 1. The maximum Gasteiger partial charge on any atom is 0.0876 e. The Balaban J connectivity index is 0.000000360. The van der Waals surface area contributed by atoms with Crippen molar-refractivity contribution >= 4 is 12.4 Å². The highest BCUT2D eigenvalue weighted by Crippen LogP contribution is 1.97. The second-order valence-electron chi connectivity index (χ2n) is 1.38. The monoisotopic (exact) mass is 120 g/mol. The summed E-state index contributed by atoms with van der Waals surface area (Å²) in [7, 11) is 0. The van der Waals surface area contributed by atoms with Gasteiger partial charge in [-0.1, -0.05) is 0 Å². The highest BCUT2D eigenvalue weighted by molar-refractivity contribution is 5.85. The lowest BCUT2D eigenvalue weighted by atomic mass is 10.3. The SMILES string of the molecule is C1=COCCC1.Cl. The molecule has 0 atom stereocenters. The molecular weight excluding hydrogens is 112 g/mol. The third-order valence-corrected chi connectivity index (χ3v) is 0.825. The zero-order chi connectivity index (χ0) is 4.24. The molecule has 0 saturated carbocycles. The van der Waals surface area contributed by atoms with Crippen LogP contribution in [0.4, 0.5) is 0 Å². The Labute approximate surface area is 49.8 Å². The van der Waals surface area contributed by atoms with E-state index in [1.54, 1.807) is 6.26 Å². The Bertz CT molecular complexity index is 53.1. The molecule has 42 valence electrons. The van der Waals surface area contributed by atoms with Gasteiger partial charge in [0.2, 0.25) is 0 Å². The van der Waals surface area contributed by atoms with Crippen LogP contribution in [0, 0.1) is 0 Å². The smallest absolute Gasteiger partial charge is 0.0876 e. The van der Waals surface area contributed by atoms with Crippen molar-refractivity contribution in [3.8, 4) is 0 Å². The predicted molar refractivity (Wildman–Crippen MR) is 31.6 cm³/mol. The summed E-state index contributed by atoms with van der Waals surface area (Å²) in [4.78, 5) is 0. The molecule has 0 radical (unpaired) electrons. The van der Waals surface area contributed by atoms with Gasteiger partial charge in [-0.3, -0.25) is 0 Å². The first kappa shape index (κ1) is 6.83. The molecule has 1 aliphatic heterocycles. The van der Waals surface area contributed by atoms with Crippen molar-refractivity contribution in [2.45, 2.75) is 12.8 Å². The van der Waals surface area contributed by atoms with Gasteiger partial charge in [-0.2, -0.15) is 0 Å². The zero-order valence-electron chi connectivity index (χ0n) is 4.09. The van der Waals surface area contributed by atoms with Crippen LogP contribution in [0.3, 0.4) is 0 Å². The largest absolute Gasteiger partial charge is 0.502 e. The number of rotatable bonds is 0. The van der Waals surface area contributed by atoms with Gasteiger partial charge in [-0.15, -0.1) is 12.4 Å². The fourth-order valence-corrected chi connectivity index (χ4v) is 0.489. The molecule has 0 N–H and O–H groups in total. The molecule has 0 spiro atoms. The van der Waals surface area contributed by atoms with E-state index in [9.17, 15) is 0 Å². The summed E-state index contributed by atoms with van der Waals surface area (Å²) in [5.74, 6) is 0. The molecule has 1 rings (SSSR count). The number of hydrogen-bond acceptors (Lipinski definition) is 1. The average molecular weight is 121 g/mol. The van der Waals surface area contributed by atoms with Crippen molar-refractivity contribution in [1.29, 1.82) is 0 Å². The van der Waals surface area contributed by atoms with Crippen LogP contribution in [0.1, 0.15) is 12.8 Å². The van der Waals surface area contributed by atoms with Crippen molar-refractivity contribution < 1.29 is 4.74 Å². The first-order valence-corrected chi connectivity index (χ1v) is 2.27. The van der Waals surface area contributed by atoms with E-state index in [0.29, 0.717) is 0 Å². The highest BCUT2D eigenvalue weighted by Gasteiger charge is 1.86. The normalized spacial score (nSPS) is 17.1. The molecule has 0 aromatic rings. The summed E-state index contributed by atoms with van der Waals surface area (Å²) in [6.45, 7) is 0.913. The van der Waals surface area contributed by atoms with Crippen LogP contribution in [-0.4, -0.2) is 6.61 Å². The molecular formula is C5H9ClO. The molecule has 1 nitrogen and oxygen atoms in total. The Morgan fingerprint density at radius 3 is 2.43 bits per heavy atom. The van der Waals surface area contributed by atoms with Gasteiger partial charge in [-0.25, -0.2) is 0 Å². The second-order valence-corrected chi connectivity index (χ2v) is 1.38.